The van der Waals surface area contributed by atoms with Crippen LogP contribution >= 0.6 is 0 Å². The zero-order chi connectivity index (χ0) is 14.8. The summed E-state index contributed by atoms with van der Waals surface area (Å²) in [5.74, 6) is 2.35. The highest BCUT2D eigenvalue weighted by Crippen LogP contribution is 2.34. The van der Waals surface area contributed by atoms with E-state index in [9.17, 15) is 0 Å². The van der Waals surface area contributed by atoms with Crippen molar-refractivity contribution in [2.45, 2.75) is 13.0 Å². The SMILES string of the molecule is CN1CCC(CN(C)Cc2cc3c(cc2N)OCCO3)C1. The first-order chi connectivity index (χ1) is 10.1. The summed E-state index contributed by atoms with van der Waals surface area (Å²) < 4.78 is 11.2. The number of likely N-dealkylation sites (tertiary alicyclic amines) is 1. The molecule has 0 saturated carbocycles. The van der Waals surface area contributed by atoms with Crippen LogP contribution in [0.5, 0.6) is 11.5 Å². The third-order valence-electron chi connectivity index (χ3n) is 4.30. The highest BCUT2D eigenvalue weighted by atomic mass is 16.6. The molecule has 0 aliphatic carbocycles. The first-order valence-electron chi connectivity index (χ1n) is 7.67. The molecule has 2 heterocycles. The summed E-state index contributed by atoms with van der Waals surface area (Å²) in [4.78, 5) is 4.75. The average molecular weight is 291 g/mol. The van der Waals surface area contributed by atoms with E-state index >= 15 is 0 Å². The van der Waals surface area contributed by atoms with Gasteiger partial charge in [-0.25, -0.2) is 0 Å². The van der Waals surface area contributed by atoms with Crippen LogP contribution in [0.4, 0.5) is 5.69 Å². The number of benzene rings is 1. The lowest BCUT2D eigenvalue weighted by Gasteiger charge is -2.24. The fourth-order valence-corrected chi connectivity index (χ4v) is 3.25. The van der Waals surface area contributed by atoms with Crippen LogP contribution in [0.2, 0.25) is 0 Å². The quantitative estimate of drug-likeness (QED) is 0.850. The molecule has 1 atom stereocenters. The van der Waals surface area contributed by atoms with E-state index in [0.717, 1.165) is 41.8 Å². The number of anilines is 1. The standard InChI is InChI=1S/C16H25N3O2/c1-18-4-3-12(9-18)10-19(2)11-13-7-15-16(8-14(13)17)21-6-5-20-15/h7-8,12H,3-6,9-11,17H2,1-2H3. The molecule has 1 unspecified atom stereocenters. The molecule has 3 rings (SSSR count). The maximum absolute atomic E-state index is 6.15. The van der Waals surface area contributed by atoms with Crippen LogP contribution in [0.3, 0.4) is 0 Å². The van der Waals surface area contributed by atoms with E-state index < -0.39 is 0 Å². The van der Waals surface area contributed by atoms with Gasteiger partial charge in [0, 0.05) is 31.4 Å². The van der Waals surface area contributed by atoms with Gasteiger partial charge < -0.3 is 25.0 Å². The minimum absolute atomic E-state index is 0.598. The van der Waals surface area contributed by atoms with Crippen molar-refractivity contribution in [3.05, 3.63) is 17.7 Å². The number of ether oxygens (including phenoxy) is 2. The van der Waals surface area contributed by atoms with Crippen LogP contribution in [-0.4, -0.2) is 56.7 Å². The summed E-state index contributed by atoms with van der Waals surface area (Å²) in [5.41, 5.74) is 8.06. The molecule has 0 aromatic heterocycles. The van der Waals surface area contributed by atoms with Crippen molar-refractivity contribution < 1.29 is 9.47 Å². The van der Waals surface area contributed by atoms with Gasteiger partial charge in [-0.2, -0.15) is 0 Å². The second-order valence-electron chi connectivity index (χ2n) is 6.31. The number of nitrogens with zero attached hydrogens (tertiary/aromatic N) is 2. The van der Waals surface area contributed by atoms with Gasteiger partial charge in [-0.05, 0) is 44.6 Å². The number of hydrogen-bond acceptors (Lipinski definition) is 5. The maximum Gasteiger partial charge on any atom is 0.163 e. The topological polar surface area (TPSA) is 51.0 Å². The number of fused-ring (bicyclic) bond motifs is 1. The smallest absolute Gasteiger partial charge is 0.163 e. The zero-order valence-electron chi connectivity index (χ0n) is 13.0. The van der Waals surface area contributed by atoms with Gasteiger partial charge in [0.25, 0.3) is 0 Å². The van der Waals surface area contributed by atoms with Gasteiger partial charge in [0.05, 0.1) is 0 Å². The van der Waals surface area contributed by atoms with Crippen molar-refractivity contribution in [3.63, 3.8) is 0 Å². The third-order valence-corrected chi connectivity index (χ3v) is 4.30. The van der Waals surface area contributed by atoms with Gasteiger partial charge in [-0.1, -0.05) is 0 Å². The van der Waals surface area contributed by atoms with Crippen LogP contribution in [0.25, 0.3) is 0 Å². The Labute approximate surface area is 126 Å². The van der Waals surface area contributed by atoms with E-state index in [2.05, 4.69) is 23.9 Å². The Hall–Kier alpha value is -1.46. The fraction of sp³-hybridized carbons (Fsp3) is 0.625. The van der Waals surface area contributed by atoms with Crippen molar-refractivity contribution in [2.75, 3.05) is 52.7 Å². The normalized spacial score (nSPS) is 22.0. The van der Waals surface area contributed by atoms with Crippen LogP contribution in [0.1, 0.15) is 12.0 Å². The minimum Gasteiger partial charge on any atom is -0.486 e. The predicted molar refractivity (Wildman–Crippen MR) is 83.8 cm³/mol. The van der Waals surface area contributed by atoms with E-state index in [0.29, 0.717) is 13.2 Å². The van der Waals surface area contributed by atoms with Gasteiger partial charge in [-0.15, -0.1) is 0 Å². The number of nitrogen functional groups attached to an aromatic ring is 1. The molecule has 1 saturated heterocycles. The summed E-state index contributed by atoms with van der Waals surface area (Å²) in [6, 6.07) is 3.92. The number of hydrogen-bond donors (Lipinski definition) is 1. The molecule has 21 heavy (non-hydrogen) atoms. The lowest BCUT2D eigenvalue weighted by molar-refractivity contribution is 0.171. The summed E-state index contributed by atoms with van der Waals surface area (Å²) in [5, 5.41) is 0. The van der Waals surface area contributed by atoms with Crippen molar-refractivity contribution >= 4 is 5.69 Å². The first kappa shape index (κ1) is 14.5. The molecule has 0 bridgehead atoms. The molecule has 5 nitrogen and oxygen atoms in total. The summed E-state index contributed by atoms with van der Waals surface area (Å²) in [6.45, 7) is 5.58. The van der Waals surface area contributed by atoms with Gasteiger partial charge in [0.15, 0.2) is 11.5 Å². The van der Waals surface area contributed by atoms with Crippen molar-refractivity contribution in [1.29, 1.82) is 0 Å². The lowest BCUT2D eigenvalue weighted by Crippen LogP contribution is -2.27. The molecular weight excluding hydrogens is 266 g/mol. The monoisotopic (exact) mass is 291 g/mol. The largest absolute Gasteiger partial charge is 0.486 e. The molecule has 116 valence electrons. The highest BCUT2D eigenvalue weighted by Gasteiger charge is 2.21. The molecule has 2 aliphatic rings. The zero-order valence-corrected chi connectivity index (χ0v) is 13.0. The van der Waals surface area contributed by atoms with E-state index in [4.69, 9.17) is 15.2 Å². The van der Waals surface area contributed by atoms with Crippen LogP contribution in [-0.2, 0) is 6.54 Å². The van der Waals surface area contributed by atoms with Crippen LogP contribution in [0.15, 0.2) is 12.1 Å². The van der Waals surface area contributed by atoms with Crippen LogP contribution < -0.4 is 15.2 Å². The Bertz CT molecular complexity index is 507. The van der Waals surface area contributed by atoms with Gasteiger partial charge >= 0.3 is 0 Å². The molecule has 1 fully saturated rings. The summed E-state index contributed by atoms with van der Waals surface area (Å²) >= 11 is 0. The van der Waals surface area contributed by atoms with E-state index in [1.165, 1.54) is 19.5 Å². The van der Waals surface area contributed by atoms with Crippen molar-refractivity contribution in [3.8, 4) is 11.5 Å². The van der Waals surface area contributed by atoms with Crippen molar-refractivity contribution in [2.24, 2.45) is 5.92 Å². The van der Waals surface area contributed by atoms with Gasteiger partial charge in [-0.3, -0.25) is 0 Å². The molecule has 0 amide bonds. The predicted octanol–water partition coefficient (Wildman–Crippen LogP) is 1.42. The van der Waals surface area contributed by atoms with Crippen molar-refractivity contribution in [1.82, 2.24) is 9.80 Å². The van der Waals surface area contributed by atoms with Gasteiger partial charge in [0.1, 0.15) is 13.2 Å². The summed E-state index contributed by atoms with van der Waals surface area (Å²) in [6.07, 6.45) is 1.29. The molecule has 2 aliphatic heterocycles. The maximum atomic E-state index is 6.15. The van der Waals surface area contributed by atoms with E-state index in [-0.39, 0.29) is 0 Å². The molecule has 0 spiro atoms. The Balaban J connectivity index is 1.64. The second-order valence-corrected chi connectivity index (χ2v) is 6.31. The Morgan fingerprint density at radius 3 is 2.67 bits per heavy atom. The molecule has 5 heteroatoms. The Morgan fingerprint density at radius 2 is 2.00 bits per heavy atom. The number of nitrogens with two attached hydrogens (primary N) is 1. The summed E-state index contributed by atoms with van der Waals surface area (Å²) in [7, 11) is 4.35. The molecular formula is C16H25N3O2. The molecule has 1 aromatic carbocycles. The third kappa shape index (κ3) is 3.41. The Kier molecular flexibility index (Phi) is 4.22. The van der Waals surface area contributed by atoms with E-state index in [1.54, 1.807) is 0 Å². The lowest BCUT2D eigenvalue weighted by atomic mass is 10.1. The number of rotatable bonds is 4. The van der Waals surface area contributed by atoms with Crippen LogP contribution in [0, 0.1) is 5.92 Å². The Morgan fingerprint density at radius 1 is 1.29 bits per heavy atom. The minimum atomic E-state index is 0.598. The van der Waals surface area contributed by atoms with Gasteiger partial charge in [0.2, 0.25) is 0 Å². The highest BCUT2D eigenvalue weighted by molar-refractivity contribution is 5.58. The first-order valence-corrected chi connectivity index (χ1v) is 7.67. The molecule has 1 aromatic rings. The molecule has 2 N–H and O–H groups in total. The second kappa shape index (κ2) is 6.12. The molecule has 0 radical (unpaired) electrons. The average Bonchev–Trinajstić information content (AvgIpc) is 2.85. The fourth-order valence-electron chi connectivity index (χ4n) is 3.25. The van der Waals surface area contributed by atoms with E-state index in [1.807, 2.05) is 12.1 Å².